The van der Waals surface area contributed by atoms with Crippen molar-refractivity contribution in [2.24, 2.45) is 0 Å². The minimum absolute atomic E-state index is 0.541. The zero-order chi connectivity index (χ0) is 9.42. The summed E-state index contributed by atoms with van der Waals surface area (Å²) in [6.45, 7) is 0. The molecule has 13 heavy (non-hydrogen) atoms. The lowest BCUT2D eigenvalue weighted by Gasteiger charge is -2.00. The van der Waals surface area contributed by atoms with Crippen LogP contribution in [0, 0.1) is 0 Å². The van der Waals surface area contributed by atoms with Crippen molar-refractivity contribution in [2.45, 2.75) is 0 Å². The highest BCUT2D eigenvalue weighted by Gasteiger charge is 2.02. The fraction of sp³-hybridized carbons (Fsp3) is 0. The van der Waals surface area contributed by atoms with Crippen LogP contribution in [0.25, 0.3) is 10.9 Å². The maximum atomic E-state index is 5.92. The Morgan fingerprint density at radius 3 is 2.38 bits per heavy atom. The summed E-state index contributed by atoms with van der Waals surface area (Å²) in [5.41, 5.74) is 0.718. The Labute approximate surface area is 90.2 Å². The molecule has 0 aliphatic rings. The van der Waals surface area contributed by atoms with Crippen LogP contribution in [0.3, 0.4) is 0 Å². The second kappa shape index (κ2) is 3.33. The molecule has 1 aromatic heterocycles. The van der Waals surface area contributed by atoms with Crippen LogP contribution in [-0.4, -0.2) is 4.98 Å². The highest BCUT2D eigenvalue weighted by atomic mass is 35.5. The highest BCUT2D eigenvalue weighted by molar-refractivity contribution is 6.38. The fourth-order valence-corrected chi connectivity index (χ4v) is 1.87. The minimum Gasteiger partial charge on any atom is -0.253 e. The first-order chi connectivity index (χ1) is 6.16. The molecule has 0 saturated heterocycles. The molecule has 0 amide bonds. The van der Waals surface area contributed by atoms with Crippen molar-refractivity contribution in [1.29, 1.82) is 0 Å². The van der Waals surface area contributed by atoms with Gasteiger partial charge in [-0.3, -0.25) is 4.98 Å². The first-order valence-electron chi connectivity index (χ1n) is 3.57. The maximum Gasteiger partial charge on any atom is 0.0890 e. The van der Waals surface area contributed by atoms with Gasteiger partial charge in [-0.2, -0.15) is 0 Å². The van der Waals surface area contributed by atoms with Gasteiger partial charge >= 0.3 is 0 Å². The highest BCUT2D eigenvalue weighted by Crippen LogP contribution is 2.27. The van der Waals surface area contributed by atoms with Gasteiger partial charge in [0.15, 0.2) is 0 Å². The summed E-state index contributed by atoms with van der Waals surface area (Å²) < 4.78 is 0. The SMILES string of the molecule is Clc1cnc2c(Cl)cc(Cl)cc2c1. The zero-order valence-corrected chi connectivity index (χ0v) is 8.66. The van der Waals surface area contributed by atoms with E-state index in [1.54, 1.807) is 24.4 Å². The standard InChI is InChI=1S/C9H4Cl3N/c10-6-1-5-2-7(11)4-13-9(5)8(12)3-6/h1-4H. The Hall–Kier alpha value is -0.500. The van der Waals surface area contributed by atoms with Gasteiger partial charge in [-0.05, 0) is 18.2 Å². The van der Waals surface area contributed by atoms with Crippen LogP contribution in [0.5, 0.6) is 0 Å². The van der Waals surface area contributed by atoms with Crippen LogP contribution in [0.2, 0.25) is 15.1 Å². The van der Waals surface area contributed by atoms with Crippen LogP contribution in [0.15, 0.2) is 24.4 Å². The molecule has 1 heterocycles. The molecule has 4 heteroatoms. The van der Waals surface area contributed by atoms with Gasteiger partial charge in [0, 0.05) is 16.6 Å². The molecule has 66 valence electrons. The number of benzene rings is 1. The largest absolute Gasteiger partial charge is 0.253 e. The number of hydrogen-bond acceptors (Lipinski definition) is 1. The summed E-state index contributed by atoms with van der Waals surface area (Å²) in [4.78, 5) is 4.10. The molecule has 0 bridgehead atoms. The van der Waals surface area contributed by atoms with Crippen molar-refractivity contribution in [1.82, 2.24) is 4.98 Å². The van der Waals surface area contributed by atoms with Crippen molar-refractivity contribution < 1.29 is 0 Å². The Bertz CT molecular complexity index is 462. The molecule has 1 nitrogen and oxygen atoms in total. The molecule has 0 aliphatic heterocycles. The number of fused-ring (bicyclic) bond motifs is 1. The van der Waals surface area contributed by atoms with E-state index in [9.17, 15) is 0 Å². The summed E-state index contributed by atoms with van der Waals surface area (Å²) in [5.74, 6) is 0. The van der Waals surface area contributed by atoms with Crippen molar-refractivity contribution in [3.8, 4) is 0 Å². The van der Waals surface area contributed by atoms with Gasteiger partial charge in [-0.1, -0.05) is 34.8 Å². The third-order valence-electron chi connectivity index (χ3n) is 1.67. The molecule has 0 spiro atoms. The maximum absolute atomic E-state index is 5.92. The normalized spacial score (nSPS) is 10.7. The number of halogens is 3. The molecule has 0 radical (unpaired) electrons. The van der Waals surface area contributed by atoms with E-state index in [4.69, 9.17) is 34.8 Å². The molecule has 0 fully saturated rings. The molecule has 0 atom stereocenters. The first-order valence-corrected chi connectivity index (χ1v) is 4.70. The molecular formula is C9H4Cl3N. The molecule has 0 N–H and O–H groups in total. The van der Waals surface area contributed by atoms with Gasteiger partial charge < -0.3 is 0 Å². The molecular weight excluding hydrogens is 228 g/mol. The van der Waals surface area contributed by atoms with E-state index in [-0.39, 0.29) is 0 Å². The lowest BCUT2D eigenvalue weighted by Crippen LogP contribution is -1.80. The number of aromatic nitrogens is 1. The van der Waals surface area contributed by atoms with Crippen LogP contribution in [-0.2, 0) is 0 Å². The van der Waals surface area contributed by atoms with Gasteiger partial charge in [0.1, 0.15) is 0 Å². The van der Waals surface area contributed by atoms with E-state index < -0.39 is 0 Å². The quantitative estimate of drug-likeness (QED) is 0.663. The lowest BCUT2D eigenvalue weighted by molar-refractivity contribution is 1.41. The van der Waals surface area contributed by atoms with Gasteiger partial charge in [0.05, 0.1) is 15.6 Å². The van der Waals surface area contributed by atoms with Crippen molar-refractivity contribution in [3.63, 3.8) is 0 Å². The van der Waals surface area contributed by atoms with E-state index >= 15 is 0 Å². The smallest absolute Gasteiger partial charge is 0.0890 e. The van der Waals surface area contributed by atoms with Gasteiger partial charge in [0.2, 0.25) is 0 Å². The second-order valence-electron chi connectivity index (χ2n) is 2.61. The number of nitrogens with zero attached hydrogens (tertiary/aromatic N) is 1. The molecule has 0 unspecified atom stereocenters. The molecule has 0 saturated carbocycles. The van der Waals surface area contributed by atoms with Crippen LogP contribution in [0.4, 0.5) is 0 Å². The predicted molar refractivity (Wildman–Crippen MR) is 56.8 cm³/mol. The predicted octanol–water partition coefficient (Wildman–Crippen LogP) is 4.20. The monoisotopic (exact) mass is 231 g/mol. The van der Waals surface area contributed by atoms with Gasteiger partial charge in [-0.25, -0.2) is 0 Å². The first kappa shape index (κ1) is 9.07. The molecule has 2 aromatic rings. The lowest BCUT2D eigenvalue weighted by atomic mass is 10.2. The summed E-state index contributed by atoms with van der Waals surface area (Å²) in [6, 6.07) is 5.22. The van der Waals surface area contributed by atoms with E-state index in [0.717, 1.165) is 10.9 Å². The summed E-state index contributed by atoms with van der Waals surface area (Å²) >= 11 is 17.5. The molecule has 0 aliphatic carbocycles. The summed E-state index contributed by atoms with van der Waals surface area (Å²) in [6.07, 6.45) is 1.56. The van der Waals surface area contributed by atoms with E-state index in [1.807, 2.05) is 0 Å². The Balaban J connectivity index is 2.86. The topological polar surface area (TPSA) is 12.9 Å². The average Bonchev–Trinajstić information content (AvgIpc) is 2.02. The Morgan fingerprint density at radius 1 is 0.923 bits per heavy atom. The zero-order valence-electron chi connectivity index (χ0n) is 6.39. The third-order valence-corrected chi connectivity index (χ3v) is 2.38. The molecule has 2 rings (SSSR count). The number of pyridine rings is 1. The molecule has 1 aromatic carbocycles. The van der Waals surface area contributed by atoms with Crippen molar-refractivity contribution in [3.05, 3.63) is 39.5 Å². The van der Waals surface area contributed by atoms with E-state index in [1.165, 1.54) is 0 Å². The Morgan fingerprint density at radius 2 is 1.62 bits per heavy atom. The third kappa shape index (κ3) is 1.73. The number of rotatable bonds is 0. The van der Waals surface area contributed by atoms with Crippen LogP contribution in [0.1, 0.15) is 0 Å². The van der Waals surface area contributed by atoms with Gasteiger partial charge in [0.25, 0.3) is 0 Å². The summed E-state index contributed by atoms with van der Waals surface area (Å²) in [7, 11) is 0. The van der Waals surface area contributed by atoms with E-state index in [0.29, 0.717) is 15.1 Å². The van der Waals surface area contributed by atoms with Gasteiger partial charge in [-0.15, -0.1) is 0 Å². The summed E-state index contributed by atoms with van der Waals surface area (Å²) in [5, 5.41) is 2.55. The van der Waals surface area contributed by atoms with Crippen molar-refractivity contribution >= 4 is 45.7 Å². The Kier molecular flexibility index (Phi) is 2.33. The second-order valence-corrected chi connectivity index (χ2v) is 3.89. The van der Waals surface area contributed by atoms with Crippen LogP contribution >= 0.6 is 34.8 Å². The van der Waals surface area contributed by atoms with Crippen LogP contribution < -0.4 is 0 Å². The van der Waals surface area contributed by atoms with E-state index in [2.05, 4.69) is 4.98 Å². The fourth-order valence-electron chi connectivity index (χ4n) is 1.14. The number of hydrogen-bond donors (Lipinski definition) is 0. The van der Waals surface area contributed by atoms with Crippen molar-refractivity contribution in [2.75, 3.05) is 0 Å². The average molecular weight is 232 g/mol. The minimum atomic E-state index is 0.541.